The maximum absolute atomic E-state index is 13.4. The molecule has 0 spiro atoms. The van der Waals surface area contributed by atoms with Crippen LogP contribution in [0.3, 0.4) is 0 Å². The molecule has 0 bridgehead atoms. The van der Waals surface area contributed by atoms with E-state index in [1.165, 1.54) is 26.5 Å². The fourth-order valence-corrected chi connectivity index (χ4v) is 3.83. The van der Waals surface area contributed by atoms with Crippen LogP contribution in [0, 0.1) is 0 Å². The van der Waals surface area contributed by atoms with Crippen LogP contribution >= 0.6 is 0 Å². The maximum Gasteiger partial charge on any atom is 0.418 e. The number of guanidine groups is 2. The van der Waals surface area contributed by atoms with Gasteiger partial charge in [-0.3, -0.25) is 0 Å². The summed E-state index contributed by atoms with van der Waals surface area (Å²) in [5.74, 6) is -1.37. The Hall–Kier alpha value is -3.04. The molecule has 1 atom stereocenters. The summed E-state index contributed by atoms with van der Waals surface area (Å²) in [5.41, 5.74) is -1.47. The number of nitrogens with one attached hydrogen (secondary N) is 1. The van der Waals surface area contributed by atoms with Crippen LogP contribution in [-0.2, 0) is 25.8 Å². The fourth-order valence-electron chi connectivity index (χ4n) is 2.56. The van der Waals surface area contributed by atoms with Crippen molar-refractivity contribution < 1.29 is 40.7 Å². The summed E-state index contributed by atoms with van der Waals surface area (Å²) < 4.78 is 76.5. The van der Waals surface area contributed by atoms with E-state index in [0.29, 0.717) is 6.07 Å². The molecule has 1 aromatic rings. The first-order valence-corrected chi connectivity index (χ1v) is 9.13. The molecule has 0 aromatic carbocycles. The van der Waals surface area contributed by atoms with Crippen molar-refractivity contribution in [3.8, 4) is 5.88 Å². The molecule has 156 valence electrons. The molecule has 0 saturated heterocycles. The number of nitrogens with zero attached hydrogens (tertiary/aromatic N) is 5. The zero-order valence-corrected chi connectivity index (χ0v) is 15.9. The highest BCUT2D eigenvalue weighted by Gasteiger charge is 2.52. The molecule has 15 heteroatoms. The first-order valence-electron chi connectivity index (χ1n) is 7.65. The van der Waals surface area contributed by atoms with Crippen molar-refractivity contribution in [2.75, 3.05) is 21.3 Å². The van der Waals surface area contributed by atoms with Crippen LogP contribution in [0.1, 0.15) is 5.56 Å². The normalized spacial score (nSPS) is 21.1. The number of hydrogen-bond donors (Lipinski definition) is 1. The number of ether oxygens (including phenoxy) is 2. The number of aromatic nitrogens is 1. The summed E-state index contributed by atoms with van der Waals surface area (Å²) >= 11 is 0. The number of hydroxylamine groups is 2. The number of pyridine rings is 1. The standard InChI is InChI=1S/C14H14F3N6O5S/c1-26-9-5-7-19-13-20-12(21-23(9,13)28-3)22-29(24,25)10-8(14(15,16)17)4-6-18-11(10)27-2/h4-7H,1-3H3,(H,21,22)/q+1. The third-order valence-electron chi connectivity index (χ3n) is 3.76. The van der Waals surface area contributed by atoms with E-state index in [2.05, 4.69) is 20.1 Å². The van der Waals surface area contributed by atoms with Gasteiger partial charge in [0.05, 0.1) is 30.6 Å². The molecule has 0 amide bonds. The largest absolute Gasteiger partial charge is 0.480 e. The van der Waals surface area contributed by atoms with E-state index in [1.807, 2.05) is 4.72 Å². The van der Waals surface area contributed by atoms with Gasteiger partial charge in [0.15, 0.2) is 4.90 Å². The Balaban J connectivity index is 2.08. The fraction of sp³-hybridized carbons (Fsp3) is 0.286. The molecule has 1 aromatic heterocycles. The number of halogens is 3. The first-order chi connectivity index (χ1) is 13.6. The zero-order valence-electron chi connectivity index (χ0n) is 15.1. The number of rotatable bonds is 5. The summed E-state index contributed by atoms with van der Waals surface area (Å²) in [6.07, 6.45) is -1.50. The number of quaternary nitrogens is 1. The van der Waals surface area contributed by atoms with Crippen LogP contribution in [0.4, 0.5) is 13.2 Å². The van der Waals surface area contributed by atoms with Crippen LogP contribution in [0.25, 0.3) is 0 Å². The summed E-state index contributed by atoms with van der Waals surface area (Å²) in [5, 5.41) is 3.96. The highest BCUT2D eigenvalue weighted by molar-refractivity contribution is 7.90. The van der Waals surface area contributed by atoms with E-state index in [-0.39, 0.29) is 11.8 Å². The summed E-state index contributed by atoms with van der Waals surface area (Å²) in [6.45, 7) is 0. The van der Waals surface area contributed by atoms with E-state index in [9.17, 15) is 21.6 Å². The van der Waals surface area contributed by atoms with E-state index < -0.39 is 43.3 Å². The van der Waals surface area contributed by atoms with Crippen molar-refractivity contribution >= 4 is 28.2 Å². The monoisotopic (exact) mass is 435 g/mol. The van der Waals surface area contributed by atoms with Gasteiger partial charge >= 0.3 is 24.0 Å². The Morgan fingerprint density at radius 1 is 1.17 bits per heavy atom. The predicted molar refractivity (Wildman–Crippen MR) is 91.8 cm³/mol. The molecule has 2 aliphatic heterocycles. The van der Waals surface area contributed by atoms with Gasteiger partial charge in [0, 0.05) is 17.5 Å². The van der Waals surface area contributed by atoms with Gasteiger partial charge in [-0.2, -0.15) is 23.0 Å². The van der Waals surface area contributed by atoms with Gasteiger partial charge in [-0.1, -0.05) is 0 Å². The van der Waals surface area contributed by atoms with Crippen molar-refractivity contribution in [3.05, 3.63) is 29.8 Å². The minimum absolute atomic E-state index is 0.0883. The summed E-state index contributed by atoms with van der Waals surface area (Å²) in [7, 11) is -1.34. The highest BCUT2D eigenvalue weighted by atomic mass is 32.2. The topological polar surface area (TPSA) is 124 Å². The van der Waals surface area contributed by atoms with Crippen LogP contribution in [0.2, 0.25) is 0 Å². The second-order valence-electron chi connectivity index (χ2n) is 5.38. The second kappa shape index (κ2) is 7.09. The van der Waals surface area contributed by atoms with Gasteiger partial charge in [-0.05, 0) is 6.07 Å². The Kier molecular flexibility index (Phi) is 5.06. The average Bonchev–Trinajstić information content (AvgIpc) is 3.03. The zero-order chi connectivity index (χ0) is 21.4. The van der Waals surface area contributed by atoms with Gasteiger partial charge in [0.25, 0.3) is 10.0 Å². The Labute approximate surface area is 162 Å². The van der Waals surface area contributed by atoms with Crippen LogP contribution in [0.15, 0.2) is 44.2 Å². The van der Waals surface area contributed by atoms with Crippen molar-refractivity contribution in [2.45, 2.75) is 11.1 Å². The number of alkyl halides is 3. The number of allylic oxidation sites excluding steroid dienone is 1. The van der Waals surface area contributed by atoms with Gasteiger partial charge in [0.1, 0.15) is 7.11 Å². The summed E-state index contributed by atoms with van der Waals surface area (Å²) in [6, 6.07) is 0.516. The molecular formula is C14H14F3N6O5S+. The van der Waals surface area contributed by atoms with E-state index in [0.717, 1.165) is 13.3 Å². The summed E-state index contributed by atoms with van der Waals surface area (Å²) in [4.78, 5) is 15.4. The number of sulfonamides is 1. The lowest BCUT2D eigenvalue weighted by atomic mass is 10.2. The quantitative estimate of drug-likeness (QED) is 0.688. The molecule has 1 unspecified atom stereocenters. The number of fused-ring (bicyclic) bond motifs is 1. The van der Waals surface area contributed by atoms with Crippen LogP contribution in [0.5, 0.6) is 5.88 Å². The molecule has 1 N–H and O–H groups in total. The van der Waals surface area contributed by atoms with Crippen LogP contribution < -0.4 is 9.46 Å². The molecule has 2 aliphatic rings. The second-order valence-corrected chi connectivity index (χ2v) is 7.00. The van der Waals surface area contributed by atoms with Gasteiger partial charge in [-0.25, -0.2) is 18.1 Å². The lowest BCUT2D eigenvalue weighted by molar-refractivity contribution is -1.02. The number of aliphatic imine (C=N–C) groups is 2. The number of methoxy groups -OCH3 is 2. The van der Waals surface area contributed by atoms with E-state index >= 15 is 0 Å². The Morgan fingerprint density at radius 3 is 2.48 bits per heavy atom. The lowest BCUT2D eigenvalue weighted by Gasteiger charge is -2.23. The minimum Gasteiger partial charge on any atom is -0.480 e. The third kappa shape index (κ3) is 3.43. The lowest BCUT2D eigenvalue weighted by Crippen LogP contribution is -2.45. The molecule has 0 saturated carbocycles. The smallest absolute Gasteiger partial charge is 0.418 e. The molecule has 0 aliphatic carbocycles. The molecule has 3 rings (SSSR count). The predicted octanol–water partition coefficient (Wildman–Crippen LogP) is 0.978. The van der Waals surface area contributed by atoms with Gasteiger partial charge in [0.2, 0.25) is 5.88 Å². The van der Waals surface area contributed by atoms with E-state index in [4.69, 9.17) is 14.3 Å². The van der Waals surface area contributed by atoms with E-state index in [1.54, 1.807) is 0 Å². The maximum atomic E-state index is 13.4. The van der Waals surface area contributed by atoms with Crippen molar-refractivity contribution in [3.63, 3.8) is 0 Å². The molecule has 0 fully saturated rings. The minimum atomic E-state index is -4.99. The average molecular weight is 435 g/mol. The third-order valence-corrected chi connectivity index (χ3v) is 5.14. The van der Waals surface area contributed by atoms with Gasteiger partial charge < -0.3 is 9.47 Å². The molecule has 3 heterocycles. The molecular weight excluding hydrogens is 421 g/mol. The Bertz CT molecular complexity index is 1070. The van der Waals surface area contributed by atoms with Crippen LogP contribution in [-0.4, -0.2) is 57.6 Å². The Morgan fingerprint density at radius 2 is 1.90 bits per heavy atom. The SMILES string of the molecule is COC1=CC=NC2=NC(NS(=O)(=O)c3c(C(F)(F)F)ccnc3OC)=N[N+]12OC. The number of hydrogen-bond acceptors (Lipinski definition) is 9. The van der Waals surface area contributed by atoms with Crippen molar-refractivity contribution in [1.29, 1.82) is 0 Å². The molecule has 11 nitrogen and oxygen atoms in total. The van der Waals surface area contributed by atoms with Gasteiger partial charge in [-0.15, -0.1) is 4.99 Å². The van der Waals surface area contributed by atoms with Crippen molar-refractivity contribution in [1.82, 2.24) is 9.71 Å². The highest BCUT2D eigenvalue weighted by Crippen LogP contribution is 2.38. The molecule has 0 radical (unpaired) electrons. The molecule has 29 heavy (non-hydrogen) atoms. The van der Waals surface area contributed by atoms with Crippen molar-refractivity contribution in [2.24, 2.45) is 15.1 Å². The first kappa shape index (κ1) is 20.7.